The van der Waals surface area contributed by atoms with Crippen LogP contribution in [0.2, 0.25) is 0 Å². The van der Waals surface area contributed by atoms with Crippen LogP contribution in [0, 0.1) is 18.6 Å². The Kier molecular flexibility index (Phi) is 7.95. The maximum Gasteiger partial charge on any atom is 0.414 e. The van der Waals surface area contributed by atoms with E-state index in [1.165, 1.54) is 9.91 Å². The van der Waals surface area contributed by atoms with Gasteiger partial charge in [0.2, 0.25) is 5.91 Å². The first-order valence-electron chi connectivity index (χ1n) is 11.6. The summed E-state index contributed by atoms with van der Waals surface area (Å²) in [6.45, 7) is 2.29. The monoisotopic (exact) mass is 527 g/mol. The first-order valence-corrected chi connectivity index (χ1v) is 11.6. The number of alkyl halides is 2. The number of amides is 2. The summed E-state index contributed by atoms with van der Waals surface area (Å²) in [4.78, 5) is 38.4. The fraction of sp³-hybridized carbons (Fsp3) is 0.478. The van der Waals surface area contributed by atoms with Crippen molar-refractivity contribution in [2.24, 2.45) is 0 Å². The number of carbonyl (C=O) groups is 3. The quantitative estimate of drug-likeness (QED) is 0.522. The van der Waals surface area contributed by atoms with Gasteiger partial charge in [-0.2, -0.15) is 0 Å². The Hall–Kier alpha value is -3.68. The molecule has 2 fully saturated rings. The Morgan fingerprint density at radius 1 is 1.16 bits per heavy atom. The molecule has 0 saturated carbocycles. The number of nitrogens with one attached hydrogen (secondary N) is 1. The average molecular weight is 527 g/mol. The lowest BCUT2D eigenvalue weighted by Gasteiger charge is -2.25. The second-order valence-corrected chi connectivity index (χ2v) is 8.73. The van der Waals surface area contributed by atoms with Crippen LogP contribution in [0.1, 0.15) is 24.3 Å². The SMILES string of the molecule is Cc1cc(CC(=O)N2CCN(c3c(F)cc(N4C[C@H](CCC(=O)C(F)F)OC4=O)cc3F)CCN2)no1. The molecular weight excluding hydrogens is 502 g/mol. The van der Waals surface area contributed by atoms with Gasteiger partial charge in [-0.05, 0) is 13.3 Å². The van der Waals surface area contributed by atoms with Crippen molar-refractivity contribution in [3.63, 3.8) is 0 Å². The largest absolute Gasteiger partial charge is 0.444 e. The third kappa shape index (κ3) is 6.18. The van der Waals surface area contributed by atoms with Crippen LogP contribution >= 0.6 is 0 Å². The highest BCUT2D eigenvalue weighted by molar-refractivity contribution is 5.90. The van der Waals surface area contributed by atoms with Crippen molar-refractivity contribution >= 4 is 29.2 Å². The van der Waals surface area contributed by atoms with E-state index in [-0.39, 0.29) is 62.8 Å². The maximum atomic E-state index is 15.1. The number of hydrogen-bond acceptors (Lipinski definition) is 8. The molecule has 0 bridgehead atoms. The summed E-state index contributed by atoms with van der Waals surface area (Å²) in [6.07, 6.45) is -5.46. The number of hydrazine groups is 1. The first-order chi connectivity index (χ1) is 17.6. The number of anilines is 2. The molecule has 2 aliphatic heterocycles. The number of aromatic nitrogens is 1. The van der Waals surface area contributed by atoms with Gasteiger partial charge in [0.1, 0.15) is 17.6 Å². The topological polar surface area (TPSA) is 108 Å². The molecule has 2 amide bonds. The van der Waals surface area contributed by atoms with Gasteiger partial charge in [0.05, 0.1) is 30.9 Å². The summed E-state index contributed by atoms with van der Waals surface area (Å²) in [6, 6.07) is 3.62. The molecule has 1 N–H and O–H groups in total. The summed E-state index contributed by atoms with van der Waals surface area (Å²) in [5, 5.41) is 5.16. The van der Waals surface area contributed by atoms with Crippen molar-refractivity contribution in [1.82, 2.24) is 15.6 Å². The molecule has 1 aromatic heterocycles. The molecule has 0 unspecified atom stereocenters. The predicted molar refractivity (Wildman–Crippen MR) is 121 cm³/mol. The van der Waals surface area contributed by atoms with Gasteiger partial charge in [-0.1, -0.05) is 5.16 Å². The van der Waals surface area contributed by atoms with E-state index in [0.717, 1.165) is 17.0 Å². The van der Waals surface area contributed by atoms with Crippen LogP contribution in [0.15, 0.2) is 22.7 Å². The number of Topliss-reactive ketones (excluding diaryl/α,β-unsaturated/α-hetero) is 1. The normalized spacial score (nSPS) is 18.4. The Morgan fingerprint density at radius 3 is 2.54 bits per heavy atom. The van der Waals surface area contributed by atoms with Crippen LogP contribution in [0.3, 0.4) is 0 Å². The van der Waals surface area contributed by atoms with Gasteiger partial charge in [0.15, 0.2) is 17.4 Å². The Balaban J connectivity index is 1.39. The van der Waals surface area contributed by atoms with Crippen molar-refractivity contribution in [1.29, 1.82) is 0 Å². The van der Waals surface area contributed by atoms with Crippen LogP contribution in [-0.2, 0) is 20.7 Å². The van der Waals surface area contributed by atoms with Gasteiger partial charge < -0.3 is 14.2 Å². The lowest BCUT2D eigenvalue weighted by molar-refractivity contribution is -0.133. The van der Waals surface area contributed by atoms with E-state index in [1.807, 2.05) is 0 Å². The molecule has 3 heterocycles. The maximum absolute atomic E-state index is 15.1. The van der Waals surface area contributed by atoms with Gasteiger partial charge in [-0.3, -0.25) is 19.5 Å². The standard InChI is InChI=1S/C23H25F4N5O5/c1-13-8-14(29-37-13)9-20(34)32-7-6-30(5-4-28-32)21-17(24)10-15(11-18(21)25)31-12-16(36-23(31)35)2-3-19(33)22(26)27/h8,10-11,16,22,28H,2-7,9,12H2,1H3/t16-/m0/s1. The number of cyclic esters (lactones) is 1. The second kappa shape index (κ2) is 11.2. The fourth-order valence-corrected chi connectivity index (χ4v) is 4.22. The summed E-state index contributed by atoms with van der Waals surface area (Å²) in [5.41, 5.74) is 3.01. The van der Waals surface area contributed by atoms with Crippen LogP contribution in [0.4, 0.5) is 33.7 Å². The van der Waals surface area contributed by atoms with Gasteiger partial charge >= 0.3 is 6.09 Å². The number of ether oxygens (including phenoxy) is 1. The molecule has 1 aromatic carbocycles. The first kappa shape index (κ1) is 26.4. The predicted octanol–water partition coefficient (Wildman–Crippen LogP) is 2.60. The van der Waals surface area contributed by atoms with Crippen LogP contribution in [0.25, 0.3) is 0 Å². The molecule has 0 radical (unpaired) electrons. The molecule has 1 atom stereocenters. The van der Waals surface area contributed by atoms with Gasteiger partial charge in [-0.25, -0.2) is 27.8 Å². The minimum atomic E-state index is -3.11. The lowest BCUT2D eigenvalue weighted by Crippen LogP contribution is -2.44. The van der Waals surface area contributed by atoms with Gasteiger partial charge in [-0.15, -0.1) is 0 Å². The average Bonchev–Trinajstić information content (AvgIpc) is 3.32. The number of ketones is 1. The van der Waals surface area contributed by atoms with Crippen molar-refractivity contribution in [3.05, 3.63) is 41.3 Å². The highest BCUT2D eigenvalue weighted by atomic mass is 19.3. The Morgan fingerprint density at radius 2 is 1.89 bits per heavy atom. The van der Waals surface area contributed by atoms with Crippen molar-refractivity contribution in [2.75, 3.05) is 42.5 Å². The molecule has 14 heteroatoms. The van der Waals surface area contributed by atoms with Crippen LogP contribution in [0.5, 0.6) is 0 Å². The molecule has 2 aliphatic rings. The summed E-state index contributed by atoms with van der Waals surface area (Å²) in [7, 11) is 0. The molecule has 2 aromatic rings. The van der Waals surface area contributed by atoms with Crippen LogP contribution in [-0.4, -0.2) is 73.2 Å². The molecule has 4 rings (SSSR count). The molecule has 37 heavy (non-hydrogen) atoms. The van der Waals surface area contributed by atoms with E-state index in [0.29, 0.717) is 11.5 Å². The number of hydrogen-bond donors (Lipinski definition) is 1. The minimum Gasteiger partial charge on any atom is -0.444 e. The smallest absolute Gasteiger partial charge is 0.414 e. The van der Waals surface area contributed by atoms with E-state index < -0.39 is 42.5 Å². The zero-order valence-corrected chi connectivity index (χ0v) is 19.9. The van der Waals surface area contributed by atoms with Crippen molar-refractivity contribution in [2.45, 2.75) is 38.7 Å². The summed E-state index contributed by atoms with van der Waals surface area (Å²) < 4.78 is 65.0. The Labute approximate surface area is 209 Å². The van der Waals surface area contributed by atoms with E-state index in [2.05, 4.69) is 10.6 Å². The lowest BCUT2D eigenvalue weighted by atomic mass is 10.1. The third-order valence-corrected chi connectivity index (χ3v) is 6.05. The van der Waals surface area contributed by atoms with E-state index in [4.69, 9.17) is 9.26 Å². The summed E-state index contributed by atoms with van der Waals surface area (Å²) in [5.74, 6) is -2.80. The molecular formula is C23H25F4N5O5. The fourth-order valence-electron chi connectivity index (χ4n) is 4.22. The number of rotatable bonds is 8. The zero-order valence-electron chi connectivity index (χ0n) is 19.9. The number of aryl methyl sites for hydroxylation is 1. The highest BCUT2D eigenvalue weighted by Gasteiger charge is 2.34. The Bertz CT molecular complexity index is 1150. The number of halogens is 4. The molecule has 200 valence electrons. The zero-order chi connectivity index (χ0) is 26.7. The second-order valence-electron chi connectivity index (χ2n) is 8.73. The summed E-state index contributed by atoms with van der Waals surface area (Å²) >= 11 is 0. The van der Waals surface area contributed by atoms with E-state index in [9.17, 15) is 23.2 Å². The highest BCUT2D eigenvalue weighted by Crippen LogP contribution is 2.32. The third-order valence-electron chi connectivity index (χ3n) is 6.05. The van der Waals surface area contributed by atoms with Crippen molar-refractivity contribution < 1.29 is 41.2 Å². The van der Waals surface area contributed by atoms with E-state index in [1.54, 1.807) is 13.0 Å². The number of nitrogens with zero attached hydrogens (tertiary/aromatic N) is 4. The molecule has 2 saturated heterocycles. The van der Waals surface area contributed by atoms with Crippen LogP contribution < -0.4 is 15.2 Å². The molecule has 10 nitrogen and oxygen atoms in total. The number of carbonyl (C=O) groups excluding carboxylic acids is 3. The number of benzene rings is 1. The van der Waals surface area contributed by atoms with Crippen molar-refractivity contribution in [3.8, 4) is 0 Å². The van der Waals surface area contributed by atoms with Gasteiger partial charge in [0.25, 0.3) is 6.43 Å². The molecule has 0 spiro atoms. The molecule has 0 aliphatic carbocycles. The van der Waals surface area contributed by atoms with E-state index >= 15 is 8.78 Å². The van der Waals surface area contributed by atoms with Gasteiger partial charge in [0, 0.05) is 44.3 Å². The minimum absolute atomic E-state index is 0.00495.